The average molecular weight is 511 g/mol. The molecule has 0 bridgehead atoms. The first kappa shape index (κ1) is 23.7. The molecule has 1 fully saturated rings. The summed E-state index contributed by atoms with van der Waals surface area (Å²) in [5.74, 6) is 1.65. The van der Waals surface area contributed by atoms with Crippen molar-refractivity contribution in [3.63, 3.8) is 0 Å². The van der Waals surface area contributed by atoms with Crippen LogP contribution in [0.5, 0.6) is 5.88 Å². The van der Waals surface area contributed by atoms with Crippen molar-refractivity contribution in [1.29, 1.82) is 0 Å². The summed E-state index contributed by atoms with van der Waals surface area (Å²) < 4.78 is 14.1. The second-order valence-electron chi connectivity index (χ2n) is 9.12. The molecule has 0 radical (unpaired) electrons. The molecule has 0 spiro atoms. The van der Waals surface area contributed by atoms with Gasteiger partial charge in [-0.05, 0) is 25.3 Å². The van der Waals surface area contributed by atoms with Gasteiger partial charge in [-0.3, -0.25) is 0 Å². The number of aromatic nitrogens is 8. The number of carbonyl (C=O) groups excluding carboxylic acids is 1. The third-order valence-corrected chi connectivity index (χ3v) is 6.66. The van der Waals surface area contributed by atoms with Crippen molar-refractivity contribution in [2.75, 3.05) is 14.2 Å². The Kier molecular flexibility index (Phi) is 6.02. The number of aryl methyl sites for hydroxylation is 1. The fourth-order valence-electron chi connectivity index (χ4n) is 4.54. The monoisotopic (exact) mass is 510 g/mol. The first-order valence-electron chi connectivity index (χ1n) is 12.4. The van der Waals surface area contributed by atoms with Gasteiger partial charge in [-0.1, -0.05) is 24.3 Å². The van der Waals surface area contributed by atoms with Crippen LogP contribution < -0.4 is 4.74 Å². The normalized spacial score (nSPS) is 13.1. The van der Waals surface area contributed by atoms with Crippen molar-refractivity contribution in [2.24, 2.45) is 0 Å². The Morgan fingerprint density at radius 1 is 1.05 bits per heavy atom. The highest BCUT2D eigenvalue weighted by Crippen LogP contribution is 2.44. The summed E-state index contributed by atoms with van der Waals surface area (Å²) in [6.45, 7) is 3.21. The minimum Gasteiger partial charge on any atom is -0.480 e. The number of imidazole rings is 1. The molecule has 0 atom stereocenters. The highest BCUT2D eigenvalue weighted by molar-refractivity contribution is 5.87. The number of hydrogen-bond acceptors (Lipinski definition) is 9. The number of rotatable bonds is 8. The second kappa shape index (κ2) is 9.66. The number of ether oxygens (including phenoxy) is 2. The van der Waals surface area contributed by atoms with Gasteiger partial charge in [0.15, 0.2) is 17.2 Å². The van der Waals surface area contributed by atoms with Crippen LogP contribution in [0.25, 0.3) is 33.8 Å². The van der Waals surface area contributed by atoms with Gasteiger partial charge < -0.3 is 14.0 Å². The third-order valence-electron chi connectivity index (χ3n) is 6.66. The molecule has 6 rings (SSSR count). The van der Waals surface area contributed by atoms with Crippen LogP contribution >= 0.6 is 0 Å². The van der Waals surface area contributed by atoms with Gasteiger partial charge >= 0.3 is 5.97 Å². The molecule has 192 valence electrons. The summed E-state index contributed by atoms with van der Waals surface area (Å²) in [4.78, 5) is 34.7. The van der Waals surface area contributed by atoms with Crippen molar-refractivity contribution in [3.05, 3.63) is 66.1 Å². The first-order valence-corrected chi connectivity index (χ1v) is 12.4. The van der Waals surface area contributed by atoms with Crippen LogP contribution in [0.4, 0.5) is 0 Å². The van der Waals surface area contributed by atoms with E-state index < -0.39 is 5.97 Å². The lowest BCUT2D eigenvalue weighted by Crippen LogP contribution is -2.05. The Bertz CT molecular complexity index is 1640. The van der Waals surface area contributed by atoms with Gasteiger partial charge in [0.05, 0.1) is 38.0 Å². The molecule has 1 saturated carbocycles. The number of hydrogen-bond donors (Lipinski definition) is 0. The molecule has 0 unspecified atom stereocenters. The fraction of sp³-hybridized carbons (Fsp3) is 0.296. The zero-order valence-electron chi connectivity index (χ0n) is 21.3. The molecule has 0 aliphatic heterocycles. The molecule has 1 aliphatic rings. The lowest BCUT2D eigenvalue weighted by Gasteiger charge is -2.11. The van der Waals surface area contributed by atoms with E-state index in [9.17, 15) is 4.79 Å². The van der Waals surface area contributed by atoms with E-state index in [4.69, 9.17) is 14.5 Å². The highest BCUT2D eigenvalue weighted by Gasteiger charge is 2.31. The van der Waals surface area contributed by atoms with Crippen LogP contribution in [0.1, 0.15) is 47.4 Å². The Morgan fingerprint density at radius 3 is 2.58 bits per heavy atom. The molecule has 1 aromatic carbocycles. The summed E-state index contributed by atoms with van der Waals surface area (Å²) in [6.07, 6.45) is 8.96. The Morgan fingerprint density at radius 2 is 1.87 bits per heavy atom. The topological polar surface area (TPSA) is 123 Å². The Hall–Kier alpha value is -4.67. The maximum atomic E-state index is 11.9. The number of carbonyl (C=O) groups is 1. The lowest BCUT2D eigenvalue weighted by atomic mass is 10.1. The molecule has 4 heterocycles. The number of methoxy groups -OCH3 is 2. The van der Waals surface area contributed by atoms with Crippen molar-refractivity contribution in [1.82, 2.24) is 39.3 Å². The van der Waals surface area contributed by atoms with E-state index >= 15 is 0 Å². The number of nitrogens with zero attached hydrogens (tertiary/aromatic N) is 8. The van der Waals surface area contributed by atoms with Crippen LogP contribution in [0.2, 0.25) is 0 Å². The summed E-state index contributed by atoms with van der Waals surface area (Å²) in [7, 11) is 2.95. The van der Waals surface area contributed by atoms with E-state index in [1.165, 1.54) is 13.4 Å². The van der Waals surface area contributed by atoms with Gasteiger partial charge in [0.25, 0.3) is 0 Å². The maximum Gasteiger partial charge on any atom is 0.358 e. The van der Waals surface area contributed by atoms with Crippen molar-refractivity contribution in [2.45, 2.75) is 38.8 Å². The Labute approximate surface area is 218 Å². The van der Waals surface area contributed by atoms with Gasteiger partial charge in [0.2, 0.25) is 5.88 Å². The summed E-state index contributed by atoms with van der Waals surface area (Å²) in [5, 5.41) is 5.40. The van der Waals surface area contributed by atoms with Crippen LogP contribution in [0.3, 0.4) is 0 Å². The van der Waals surface area contributed by atoms with Gasteiger partial charge in [-0.25, -0.2) is 34.4 Å². The quantitative estimate of drug-likeness (QED) is 0.286. The second-order valence-corrected chi connectivity index (χ2v) is 9.12. The van der Waals surface area contributed by atoms with Crippen molar-refractivity contribution >= 4 is 17.0 Å². The third kappa shape index (κ3) is 4.25. The first-order chi connectivity index (χ1) is 18.6. The van der Waals surface area contributed by atoms with E-state index in [-0.39, 0.29) is 5.69 Å². The standard InChI is InChI=1S/C27H26N8O3/c1-4-34-14-20(27(36)38-3)32-24(34)18-7-5-16(6-8-18)13-35-25-19(12-31-35)11-28-23(33-25)21-22(17-9-10-17)29-15-30-26(21)37-2/h5-8,11-12,14-15,17H,4,9-10,13H2,1-3H3. The zero-order chi connectivity index (χ0) is 26.2. The van der Waals surface area contributed by atoms with Gasteiger partial charge in [0, 0.05) is 30.4 Å². The smallest absolute Gasteiger partial charge is 0.358 e. The number of esters is 1. The summed E-state index contributed by atoms with van der Waals surface area (Å²) in [6, 6.07) is 8.03. The molecule has 38 heavy (non-hydrogen) atoms. The Balaban J connectivity index is 1.31. The van der Waals surface area contributed by atoms with E-state index in [0.29, 0.717) is 36.5 Å². The van der Waals surface area contributed by atoms with E-state index in [1.807, 2.05) is 40.4 Å². The van der Waals surface area contributed by atoms with Crippen molar-refractivity contribution in [3.8, 4) is 28.7 Å². The van der Waals surface area contributed by atoms with E-state index in [1.54, 1.807) is 25.7 Å². The van der Waals surface area contributed by atoms with Crippen LogP contribution in [-0.4, -0.2) is 59.5 Å². The van der Waals surface area contributed by atoms with Crippen LogP contribution in [-0.2, 0) is 17.8 Å². The molecule has 11 nitrogen and oxygen atoms in total. The maximum absolute atomic E-state index is 11.9. The molecule has 11 heteroatoms. The molecular formula is C27H26N8O3. The lowest BCUT2D eigenvalue weighted by molar-refractivity contribution is 0.0594. The predicted molar refractivity (Wildman–Crippen MR) is 139 cm³/mol. The average Bonchev–Trinajstić information content (AvgIpc) is 3.60. The number of fused-ring (bicyclic) bond motifs is 1. The van der Waals surface area contributed by atoms with E-state index in [0.717, 1.165) is 46.3 Å². The molecule has 4 aromatic heterocycles. The van der Waals surface area contributed by atoms with Crippen molar-refractivity contribution < 1.29 is 14.3 Å². The minimum absolute atomic E-state index is 0.289. The highest BCUT2D eigenvalue weighted by atomic mass is 16.5. The van der Waals surface area contributed by atoms with Crippen LogP contribution in [0, 0.1) is 0 Å². The SMILES string of the molecule is CCn1cc(C(=O)OC)nc1-c1ccc(Cn2ncc3cnc(-c4c(OC)ncnc4C4CC4)nc32)cc1. The van der Waals surface area contributed by atoms with Gasteiger partial charge in [-0.15, -0.1) is 0 Å². The van der Waals surface area contributed by atoms with Gasteiger partial charge in [0.1, 0.15) is 17.7 Å². The number of benzene rings is 1. The summed E-state index contributed by atoms with van der Waals surface area (Å²) >= 11 is 0. The molecule has 1 aliphatic carbocycles. The minimum atomic E-state index is -0.453. The molecule has 0 saturated heterocycles. The van der Waals surface area contributed by atoms with Crippen LogP contribution in [0.15, 0.2) is 49.2 Å². The zero-order valence-corrected chi connectivity index (χ0v) is 21.3. The van der Waals surface area contributed by atoms with Gasteiger partial charge in [-0.2, -0.15) is 5.10 Å². The predicted octanol–water partition coefficient (Wildman–Crippen LogP) is 3.89. The largest absolute Gasteiger partial charge is 0.480 e. The molecular weight excluding hydrogens is 484 g/mol. The molecule has 0 N–H and O–H groups in total. The molecule has 0 amide bonds. The van der Waals surface area contributed by atoms with E-state index in [2.05, 4.69) is 25.0 Å². The fourth-order valence-corrected chi connectivity index (χ4v) is 4.54. The summed E-state index contributed by atoms with van der Waals surface area (Å²) in [5.41, 5.74) is 4.63. The molecule has 5 aromatic rings.